The number of ether oxygens (including phenoxy) is 1. The van der Waals surface area contributed by atoms with Gasteiger partial charge in [-0.2, -0.15) is 4.98 Å². The predicted octanol–water partition coefficient (Wildman–Crippen LogP) is 5.23. The number of amides is 1. The minimum Gasteiger partial charge on any atom is -0.494 e. The highest BCUT2D eigenvalue weighted by Crippen LogP contribution is 2.33. The first kappa shape index (κ1) is 20.3. The van der Waals surface area contributed by atoms with Gasteiger partial charge >= 0.3 is 0 Å². The molecule has 0 spiro atoms. The summed E-state index contributed by atoms with van der Waals surface area (Å²) in [6.07, 6.45) is 2.34. The normalized spacial score (nSPS) is 16.3. The van der Waals surface area contributed by atoms with E-state index in [1.807, 2.05) is 24.3 Å². The fourth-order valence-corrected chi connectivity index (χ4v) is 3.50. The minimum atomic E-state index is -0.520. The molecule has 8 heteroatoms. The number of hydrogen-bond donors (Lipinski definition) is 0. The van der Waals surface area contributed by atoms with Crippen LogP contribution in [0.2, 0.25) is 5.02 Å². The number of aromatic nitrogens is 2. The van der Waals surface area contributed by atoms with E-state index in [1.165, 1.54) is 18.2 Å². The Morgan fingerprint density at radius 1 is 1.27 bits per heavy atom. The van der Waals surface area contributed by atoms with Gasteiger partial charge in [-0.1, -0.05) is 30.1 Å². The van der Waals surface area contributed by atoms with Gasteiger partial charge in [-0.05, 0) is 48.9 Å². The molecule has 0 aliphatic carbocycles. The zero-order valence-corrected chi connectivity index (χ0v) is 17.2. The van der Waals surface area contributed by atoms with Gasteiger partial charge in [-0.15, -0.1) is 0 Å². The van der Waals surface area contributed by atoms with Gasteiger partial charge in [0.05, 0.1) is 11.6 Å². The maximum Gasteiger partial charge on any atom is 0.257 e. The van der Waals surface area contributed by atoms with Crippen molar-refractivity contribution in [3.05, 3.63) is 59.1 Å². The van der Waals surface area contributed by atoms with Crippen molar-refractivity contribution in [1.82, 2.24) is 10.1 Å². The second kappa shape index (κ2) is 8.83. The molecule has 1 amide bonds. The average molecular weight is 430 g/mol. The highest BCUT2D eigenvalue weighted by atomic mass is 35.5. The van der Waals surface area contributed by atoms with Crippen LogP contribution < -0.4 is 9.64 Å². The molecular formula is C22H21ClFN3O3. The Hall–Kier alpha value is -2.93. The van der Waals surface area contributed by atoms with Gasteiger partial charge < -0.3 is 14.2 Å². The number of hydrogen-bond acceptors (Lipinski definition) is 5. The minimum absolute atomic E-state index is 0.0206. The van der Waals surface area contributed by atoms with E-state index in [-0.39, 0.29) is 23.3 Å². The Morgan fingerprint density at radius 2 is 2.07 bits per heavy atom. The number of anilines is 1. The molecule has 1 atom stereocenters. The van der Waals surface area contributed by atoms with Gasteiger partial charge in [0.15, 0.2) is 5.82 Å². The van der Waals surface area contributed by atoms with Crippen LogP contribution in [0.25, 0.3) is 11.5 Å². The Labute approximate surface area is 178 Å². The number of rotatable bonds is 7. The van der Waals surface area contributed by atoms with Gasteiger partial charge in [0, 0.05) is 30.1 Å². The maximum atomic E-state index is 13.4. The summed E-state index contributed by atoms with van der Waals surface area (Å²) < 4.78 is 24.5. The van der Waals surface area contributed by atoms with Crippen LogP contribution in [0, 0.1) is 5.82 Å². The third-order valence-electron chi connectivity index (χ3n) is 5.01. The van der Waals surface area contributed by atoms with E-state index in [9.17, 15) is 9.18 Å². The van der Waals surface area contributed by atoms with Crippen molar-refractivity contribution in [1.29, 1.82) is 0 Å². The molecule has 156 valence electrons. The summed E-state index contributed by atoms with van der Waals surface area (Å²) in [5.74, 6) is 0.825. The summed E-state index contributed by atoms with van der Waals surface area (Å²) in [5, 5.41) is 4.05. The molecule has 6 nitrogen and oxygen atoms in total. The summed E-state index contributed by atoms with van der Waals surface area (Å²) in [6, 6.07) is 11.7. The molecule has 1 aromatic heterocycles. The van der Waals surface area contributed by atoms with Gasteiger partial charge in [0.25, 0.3) is 5.89 Å². The van der Waals surface area contributed by atoms with Gasteiger partial charge in [0.2, 0.25) is 5.91 Å². The van der Waals surface area contributed by atoms with Crippen LogP contribution in [-0.4, -0.2) is 29.2 Å². The van der Waals surface area contributed by atoms with Crippen molar-refractivity contribution in [3.63, 3.8) is 0 Å². The number of halogens is 2. The van der Waals surface area contributed by atoms with Crippen LogP contribution in [0.1, 0.15) is 37.9 Å². The van der Waals surface area contributed by atoms with E-state index in [4.69, 9.17) is 20.9 Å². The SMILES string of the molecule is CCCCOc1ccc(-c2nc(C3CC(=O)N(c4ccc(F)c(Cl)c4)C3)no2)cc1. The summed E-state index contributed by atoms with van der Waals surface area (Å²) in [7, 11) is 0. The topological polar surface area (TPSA) is 68.5 Å². The molecule has 1 fully saturated rings. The van der Waals surface area contributed by atoms with E-state index in [2.05, 4.69) is 17.1 Å². The van der Waals surface area contributed by atoms with Gasteiger partial charge in [0.1, 0.15) is 11.6 Å². The summed E-state index contributed by atoms with van der Waals surface area (Å²) >= 11 is 5.85. The Morgan fingerprint density at radius 3 is 2.80 bits per heavy atom. The summed E-state index contributed by atoms with van der Waals surface area (Å²) in [5.41, 5.74) is 1.33. The molecule has 0 radical (unpaired) electrons. The number of nitrogens with zero attached hydrogens (tertiary/aromatic N) is 3. The Bertz CT molecular complexity index is 1040. The lowest BCUT2D eigenvalue weighted by Crippen LogP contribution is -2.24. The van der Waals surface area contributed by atoms with E-state index >= 15 is 0 Å². The van der Waals surface area contributed by atoms with Crippen molar-refractivity contribution in [2.75, 3.05) is 18.1 Å². The third kappa shape index (κ3) is 4.31. The number of carbonyl (C=O) groups excluding carboxylic acids is 1. The average Bonchev–Trinajstić information content (AvgIpc) is 3.38. The fourth-order valence-electron chi connectivity index (χ4n) is 3.33. The zero-order valence-electron chi connectivity index (χ0n) is 16.5. The van der Waals surface area contributed by atoms with Gasteiger partial charge in [-0.3, -0.25) is 4.79 Å². The van der Waals surface area contributed by atoms with E-state index < -0.39 is 5.82 Å². The molecule has 0 saturated carbocycles. The monoisotopic (exact) mass is 429 g/mol. The number of unbranched alkanes of at least 4 members (excludes halogenated alkanes) is 1. The first-order valence-corrected chi connectivity index (χ1v) is 10.2. The molecule has 0 bridgehead atoms. The van der Waals surface area contributed by atoms with Crippen LogP contribution >= 0.6 is 11.6 Å². The molecule has 1 aliphatic rings. The van der Waals surface area contributed by atoms with E-state index in [0.29, 0.717) is 30.6 Å². The first-order valence-electron chi connectivity index (χ1n) is 9.87. The molecule has 2 heterocycles. The molecule has 4 rings (SSSR count). The molecule has 3 aromatic rings. The standard InChI is InChI=1S/C22H21ClFN3O3/c1-2-3-10-29-17-7-4-14(5-8-17)22-25-21(26-30-22)15-11-20(28)27(13-15)16-6-9-19(24)18(23)12-16/h4-9,12,15H,2-3,10-11,13H2,1H3. The molecule has 30 heavy (non-hydrogen) atoms. The fraction of sp³-hybridized carbons (Fsp3) is 0.318. The lowest BCUT2D eigenvalue weighted by Gasteiger charge is -2.16. The van der Waals surface area contributed by atoms with Crippen LogP contribution in [0.15, 0.2) is 47.0 Å². The predicted molar refractivity (Wildman–Crippen MR) is 111 cm³/mol. The Balaban J connectivity index is 1.45. The van der Waals surface area contributed by atoms with Crippen molar-refractivity contribution < 1.29 is 18.4 Å². The largest absolute Gasteiger partial charge is 0.494 e. The first-order chi connectivity index (χ1) is 14.5. The number of benzene rings is 2. The second-order valence-corrected chi connectivity index (χ2v) is 7.60. The third-order valence-corrected chi connectivity index (χ3v) is 5.30. The Kier molecular flexibility index (Phi) is 5.99. The highest BCUT2D eigenvalue weighted by molar-refractivity contribution is 6.31. The zero-order chi connectivity index (χ0) is 21.1. The number of carbonyl (C=O) groups is 1. The van der Waals surface area contributed by atoms with E-state index in [1.54, 1.807) is 4.90 Å². The summed E-state index contributed by atoms with van der Waals surface area (Å²) in [6.45, 7) is 3.18. The quantitative estimate of drug-likeness (QED) is 0.481. The summed E-state index contributed by atoms with van der Waals surface area (Å²) in [4.78, 5) is 18.5. The van der Waals surface area contributed by atoms with Crippen LogP contribution in [-0.2, 0) is 4.79 Å². The van der Waals surface area contributed by atoms with E-state index in [0.717, 1.165) is 24.2 Å². The van der Waals surface area contributed by atoms with Crippen molar-refractivity contribution in [2.24, 2.45) is 0 Å². The van der Waals surface area contributed by atoms with Crippen molar-refractivity contribution in [3.8, 4) is 17.2 Å². The smallest absolute Gasteiger partial charge is 0.257 e. The van der Waals surface area contributed by atoms with Crippen LogP contribution in [0.3, 0.4) is 0 Å². The molecule has 2 aromatic carbocycles. The van der Waals surface area contributed by atoms with Crippen molar-refractivity contribution >= 4 is 23.2 Å². The van der Waals surface area contributed by atoms with Crippen LogP contribution in [0.5, 0.6) is 5.75 Å². The maximum absolute atomic E-state index is 13.4. The molecule has 1 saturated heterocycles. The van der Waals surface area contributed by atoms with Crippen LogP contribution in [0.4, 0.5) is 10.1 Å². The lowest BCUT2D eigenvalue weighted by atomic mass is 10.1. The molecule has 1 aliphatic heterocycles. The molecule has 1 unspecified atom stereocenters. The van der Waals surface area contributed by atoms with Crippen molar-refractivity contribution in [2.45, 2.75) is 32.1 Å². The van der Waals surface area contributed by atoms with Gasteiger partial charge in [-0.25, -0.2) is 4.39 Å². The molecule has 0 N–H and O–H groups in total. The highest BCUT2D eigenvalue weighted by Gasteiger charge is 2.35. The lowest BCUT2D eigenvalue weighted by molar-refractivity contribution is -0.117. The molecular weight excluding hydrogens is 409 g/mol. The second-order valence-electron chi connectivity index (χ2n) is 7.19.